The third-order valence-corrected chi connectivity index (χ3v) is 4.86. The molecule has 0 amide bonds. The molecular weight excluding hydrogens is 355 g/mol. The maximum atomic E-state index is 11.7. The smallest absolute Gasteiger partial charge is 0.395 e. The molecule has 12 nitrogen and oxygen atoms in total. The Morgan fingerprint density at radius 3 is 3.04 bits per heavy atom. The number of fused-ring (bicyclic) bond motifs is 1. The van der Waals surface area contributed by atoms with Crippen molar-refractivity contribution in [1.29, 1.82) is 0 Å². The number of imidazole rings is 1. The number of nitrogen functional groups attached to an aromatic ring is 1. The molecule has 2 unspecified atom stereocenters. The molecule has 0 bridgehead atoms. The predicted molar refractivity (Wildman–Crippen MR) is 85.1 cm³/mol. The molecule has 13 heteroatoms. The van der Waals surface area contributed by atoms with E-state index < -0.39 is 26.2 Å². The molecule has 25 heavy (non-hydrogen) atoms. The molecule has 0 spiro atoms. The minimum absolute atomic E-state index is 0.0906. The van der Waals surface area contributed by atoms with E-state index in [1.807, 2.05) is 0 Å². The van der Waals surface area contributed by atoms with Crippen molar-refractivity contribution in [3.05, 3.63) is 12.7 Å². The highest BCUT2D eigenvalue weighted by molar-refractivity contribution is 7.50. The summed E-state index contributed by atoms with van der Waals surface area (Å²) in [6.45, 7) is -0.697. The van der Waals surface area contributed by atoms with Crippen LogP contribution < -0.4 is 10.8 Å². The molecule has 1 saturated heterocycles. The van der Waals surface area contributed by atoms with Gasteiger partial charge in [0, 0.05) is 13.0 Å². The summed E-state index contributed by atoms with van der Waals surface area (Å²) in [6, 6.07) is 0. The second-order valence-electron chi connectivity index (χ2n) is 5.46. The van der Waals surface area contributed by atoms with Gasteiger partial charge in [-0.2, -0.15) is 0 Å². The molecule has 4 atom stereocenters. The molecule has 2 aromatic rings. The van der Waals surface area contributed by atoms with Gasteiger partial charge < -0.3 is 25.6 Å². The SMILES string of the molecule is Nc1ncnc2c1ncn2[C@H]1CC(O)[C@@H](COP(=O)(O)NCCO)O1. The highest BCUT2D eigenvalue weighted by Crippen LogP contribution is 2.39. The van der Waals surface area contributed by atoms with Gasteiger partial charge in [-0.15, -0.1) is 0 Å². The van der Waals surface area contributed by atoms with Gasteiger partial charge >= 0.3 is 7.75 Å². The summed E-state index contributed by atoms with van der Waals surface area (Å²) in [6.07, 6.45) is 0.722. The van der Waals surface area contributed by atoms with Crippen molar-refractivity contribution in [1.82, 2.24) is 24.6 Å². The summed E-state index contributed by atoms with van der Waals surface area (Å²) in [4.78, 5) is 21.6. The fourth-order valence-corrected chi connectivity index (χ4v) is 3.35. The van der Waals surface area contributed by atoms with Crippen LogP contribution in [0, 0.1) is 0 Å². The Hall–Kier alpha value is -1.66. The Kier molecular flexibility index (Phi) is 5.29. The van der Waals surface area contributed by atoms with Crippen molar-refractivity contribution < 1.29 is 28.9 Å². The molecule has 3 heterocycles. The van der Waals surface area contributed by atoms with Gasteiger partial charge in [-0.3, -0.25) is 9.09 Å². The molecule has 0 radical (unpaired) electrons. The van der Waals surface area contributed by atoms with Crippen molar-refractivity contribution in [2.24, 2.45) is 0 Å². The summed E-state index contributed by atoms with van der Waals surface area (Å²) < 4.78 is 23.9. The Labute approximate surface area is 142 Å². The Morgan fingerprint density at radius 2 is 2.28 bits per heavy atom. The lowest BCUT2D eigenvalue weighted by molar-refractivity contribution is -0.0400. The number of aromatic nitrogens is 4. The standard InChI is InChI=1S/C12H19N6O6P/c13-11-10-12(15-5-14-11)18(6-16-10)9-3-7(20)8(24-9)4-23-25(21,22)17-1-2-19/h5-9,19-20H,1-4H2,(H2,13,14,15)(H2,17,21,22)/t7?,8-,9-/m1/s1. The maximum absolute atomic E-state index is 11.7. The highest BCUT2D eigenvalue weighted by atomic mass is 31.2. The van der Waals surface area contributed by atoms with E-state index >= 15 is 0 Å². The lowest BCUT2D eigenvalue weighted by atomic mass is 10.2. The van der Waals surface area contributed by atoms with Crippen LogP contribution in [-0.4, -0.2) is 66.6 Å². The molecule has 6 N–H and O–H groups in total. The van der Waals surface area contributed by atoms with Crippen molar-refractivity contribution in [3.63, 3.8) is 0 Å². The van der Waals surface area contributed by atoms with Crippen LogP contribution in [0.25, 0.3) is 11.2 Å². The number of nitrogens with two attached hydrogens (primary N) is 1. The van der Waals surface area contributed by atoms with Crippen LogP contribution in [0.15, 0.2) is 12.7 Å². The molecule has 1 aliphatic rings. The summed E-state index contributed by atoms with van der Waals surface area (Å²) in [7, 11) is -4.07. The number of hydrogen-bond donors (Lipinski definition) is 5. The average Bonchev–Trinajstić information content (AvgIpc) is 3.15. The minimum Gasteiger partial charge on any atom is -0.395 e. The van der Waals surface area contributed by atoms with E-state index in [0.29, 0.717) is 11.2 Å². The van der Waals surface area contributed by atoms with Crippen molar-refractivity contribution >= 4 is 24.7 Å². The first kappa shape index (κ1) is 18.1. The second kappa shape index (κ2) is 7.30. The number of anilines is 1. The van der Waals surface area contributed by atoms with Crippen LogP contribution in [0.2, 0.25) is 0 Å². The Balaban J connectivity index is 1.67. The van der Waals surface area contributed by atoms with Gasteiger partial charge in [-0.1, -0.05) is 0 Å². The van der Waals surface area contributed by atoms with Gasteiger partial charge in [0.15, 0.2) is 11.5 Å². The molecule has 3 rings (SSSR count). The molecule has 0 aliphatic carbocycles. The van der Waals surface area contributed by atoms with Crippen LogP contribution >= 0.6 is 7.75 Å². The molecule has 2 aromatic heterocycles. The molecule has 1 fully saturated rings. The molecule has 138 valence electrons. The van der Waals surface area contributed by atoms with Crippen LogP contribution in [-0.2, 0) is 13.8 Å². The van der Waals surface area contributed by atoms with Gasteiger partial charge in [0.2, 0.25) is 0 Å². The van der Waals surface area contributed by atoms with Crippen molar-refractivity contribution in [3.8, 4) is 0 Å². The number of rotatable bonds is 7. The normalized spacial score (nSPS) is 26.1. The van der Waals surface area contributed by atoms with Gasteiger partial charge in [0.1, 0.15) is 24.2 Å². The summed E-state index contributed by atoms with van der Waals surface area (Å²) in [5.74, 6) is 0.235. The fraction of sp³-hybridized carbons (Fsp3) is 0.583. The van der Waals surface area contributed by atoms with Gasteiger partial charge in [-0.05, 0) is 0 Å². The molecular formula is C12H19N6O6P. The maximum Gasteiger partial charge on any atom is 0.403 e. The first-order valence-corrected chi connectivity index (χ1v) is 9.09. The molecule has 1 aliphatic heterocycles. The third kappa shape index (κ3) is 3.96. The molecule has 0 saturated carbocycles. The van der Waals surface area contributed by atoms with E-state index in [2.05, 4.69) is 20.0 Å². The Morgan fingerprint density at radius 1 is 1.48 bits per heavy atom. The zero-order valence-corrected chi connectivity index (χ0v) is 14.0. The first-order valence-electron chi connectivity index (χ1n) is 7.51. The van der Waals surface area contributed by atoms with Gasteiger partial charge in [0.25, 0.3) is 0 Å². The zero-order chi connectivity index (χ0) is 18.0. The second-order valence-corrected chi connectivity index (χ2v) is 7.08. The predicted octanol–water partition coefficient (Wildman–Crippen LogP) is -1.24. The lowest BCUT2D eigenvalue weighted by Crippen LogP contribution is -2.27. The number of nitrogens with zero attached hydrogens (tertiary/aromatic N) is 4. The number of ether oxygens (including phenoxy) is 1. The summed E-state index contributed by atoms with van der Waals surface area (Å²) in [5, 5.41) is 21.0. The zero-order valence-electron chi connectivity index (χ0n) is 13.1. The first-order chi connectivity index (χ1) is 11.9. The van der Waals surface area contributed by atoms with Gasteiger partial charge in [-0.25, -0.2) is 24.6 Å². The quantitative estimate of drug-likeness (QED) is 0.366. The van der Waals surface area contributed by atoms with E-state index in [1.54, 1.807) is 4.57 Å². The van der Waals surface area contributed by atoms with Gasteiger partial charge in [0.05, 0.1) is 25.6 Å². The number of aliphatic hydroxyl groups is 2. The van der Waals surface area contributed by atoms with Crippen LogP contribution in [0.4, 0.5) is 5.82 Å². The fourth-order valence-electron chi connectivity index (χ4n) is 2.53. The monoisotopic (exact) mass is 374 g/mol. The van der Waals surface area contributed by atoms with Crippen molar-refractivity contribution in [2.45, 2.75) is 24.9 Å². The highest BCUT2D eigenvalue weighted by Gasteiger charge is 2.37. The summed E-state index contributed by atoms with van der Waals surface area (Å²) in [5.41, 5.74) is 6.62. The number of nitrogens with one attached hydrogen (secondary N) is 1. The van der Waals surface area contributed by atoms with Crippen LogP contribution in [0.3, 0.4) is 0 Å². The minimum atomic E-state index is -4.07. The third-order valence-electron chi connectivity index (χ3n) is 3.74. The van der Waals surface area contributed by atoms with E-state index in [9.17, 15) is 14.6 Å². The molecule has 0 aromatic carbocycles. The van der Waals surface area contributed by atoms with Crippen LogP contribution in [0.1, 0.15) is 12.6 Å². The number of aliphatic hydroxyl groups excluding tert-OH is 2. The lowest BCUT2D eigenvalue weighted by Gasteiger charge is -2.18. The average molecular weight is 374 g/mol. The van der Waals surface area contributed by atoms with Crippen molar-refractivity contribution in [2.75, 3.05) is 25.5 Å². The van der Waals surface area contributed by atoms with E-state index in [0.717, 1.165) is 0 Å². The summed E-state index contributed by atoms with van der Waals surface area (Å²) >= 11 is 0. The van der Waals surface area contributed by atoms with E-state index in [-0.39, 0.29) is 32.0 Å². The largest absolute Gasteiger partial charge is 0.403 e. The van der Waals surface area contributed by atoms with Crippen LogP contribution in [0.5, 0.6) is 0 Å². The topological polar surface area (TPSA) is 178 Å². The number of hydrogen-bond acceptors (Lipinski definition) is 9. The van der Waals surface area contributed by atoms with E-state index in [1.165, 1.54) is 12.7 Å². The Bertz CT molecular complexity index is 787. The van der Waals surface area contributed by atoms with E-state index in [4.69, 9.17) is 20.1 Å².